The summed E-state index contributed by atoms with van der Waals surface area (Å²) in [5.74, 6) is 1.96. The molecule has 0 saturated carbocycles. The smallest absolute Gasteiger partial charge is 0.164 e. The van der Waals surface area contributed by atoms with Crippen molar-refractivity contribution in [2.75, 3.05) is 0 Å². The van der Waals surface area contributed by atoms with Crippen molar-refractivity contribution >= 4 is 74.9 Å². The van der Waals surface area contributed by atoms with Gasteiger partial charge >= 0.3 is 0 Å². The Morgan fingerprint density at radius 2 is 1.02 bits per heavy atom. The van der Waals surface area contributed by atoms with Crippen molar-refractivity contribution in [3.05, 3.63) is 170 Å². The first kappa shape index (κ1) is 29.1. The maximum absolute atomic E-state index is 5.28. The van der Waals surface area contributed by atoms with Gasteiger partial charge < -0.3 is 4.57 Å². The molecule has 11 rings (SSSR count). The minimum Gasteiger partial charge on any atom is -0.309 e. The van der Waals surface area contributed by atoms with Crippen molar-refractivity contribution in [2.45, 2.75) is 0 Å². The van der Waals surface area contributed by atoms with Gasteiger partial charge in [-0.15, -0.1) is 11.3 Å². The molecular formula is C47H28N4S. The van der Waals surface area contributed by atoms with Crippen LogP contribution in [0.2, 0.25) is 0 Å². The third-order valence-electron chi connectivity index (χ3n) is 10.2. The Hall–Kier alpha value is -6.69. The summed E-state index contributed by atoms with van der Waals surface area (Å²) in [5.41, 5.74) is 6.34. The van der Waals surface area contributed by atoms with E-state index in [1.165, 1.54) is 36.3 Å². The van der Waals surface area contributed by atoms with Crippen molar-refractivity contribution in [1.29, 1.82) is 0 Å². The van der Waals surface area contributed by atoms with Crippen LogP contribution in [0.4, 0.5) is 0 Å². The second-order valence-corrected chi connectivity index (χ2v) is 14.3. The lowest BCUT2D eigenvalue weighted by molar-refractivity contribution is 1.08. The summed E-state index contributed by atoms with van der Waals surface area (Å²) >= 11 is 1.80. The average Bonchev–Trinajstić information content (AvgIpc) is 3.75. The van der Waals surface area contributed by atoms with Gasteiger partial charge in [-0.05, 0) is 64.7 Å². The Balaban J connectivity index is 1.17. The van der Waals surface area contributed by atoms with Gasteiger partial charge in [0.05, 0.1) is 11.0 Å². The number of fused-ring (bicyclic) bond motifs is 9. The SMILES string of the molecule is c1ccc(-n2c3ccccc3c3cc(-c4nc(-c5ccc6c(c5)sc5ccccc56)nc(-c5cccc6ccc7ccccc7c56)n4)ccc32)cc1. The summed E-state index contributed by atoms with van der Waals surface area (Å²) in [6.45, 7) is 0. The fraction of sp³-hybridized carbons (Fsp3) is 0. The van der Waals surface area contributed by atoms with E-state index < -0.39 is 0 Å². The number of rotatable bonds is 4. The minimum atomic E-state index is 0.645. The third-order valence-corrected chi connectivity index (χ3v) is 11.4. The van der Waals surface area contributed by atoms with Crippen LogP contribution in [0.3, 0.4) is 0 Å². The Morgan fingerprint density at radius 1 is 0.385 bits per heavy atom. The van der Waals surface area contributed by atoms with Gasteiger partial charge in [0.2, 0.25) is 0 Å². The average molecular weight is 681 g/mol. The first-order valence-corrected chi connectivity index (χ1v) is 18.3. The molecule has 52 heavy (non-hydrogen) atoms. The van der Waals surface area contributed by atoms with E-state index in [-0.39, 0.29) is 0 Å². The first-order chi connectivity index (χ1) is 25.8. The van der Waals surface area contributed by atoms with Crippen LogP contribution in [0.1, 0.15) is 0 Å². The number of hydrogen-bond donors (Lipinski definition) is 0. The summed E-state index contributed by atoms with van der Waals surface area (Å²) in [6.07, 6.45) is 0. The summed E-state index contributed by atoms with van der Waals surface area (Å²) in [5, 5.41) is 9.54. The topological polar surface area (TPSA) is 43.6 Å². The third kappa shape index (κ3) is 4.50. The highest BCUT2D eigenvalue weighted by Gasteiger charge is 2.19. The van der Waals surface area contributed by atoms with Crippen LogP contribution in [0, 0.1) is 0 Å². The summed E-state index contributed by atoms with van der Waals surface area (Å²) in [4.78, 5) is 15.8. The molecule has 3 aromatic heterocycles. The molecule has 0 aliphatic carbocycles. The summed E-state index contributed by atoms with van der Waals surface area (Å²) in [6, 6.07) is 60.3. The van der Waals surface area contributed by atoms with Gasteiger partial charge in [-0.3, -0.25) is 0 Å². The normalized spacial score (nSPS) is 11.8. The van der Waals surface area contributed by atoms with E-state index in [9.17, 15) is 0 Å². The van der Waals surface area contributed by atoms with Gasteiger partial charge in [0.1, 0.15) is 0 Å². The van der Waals surface area contributed by atoms with E-state index in [0.717, 1.165) is 49.6 Å². The highest BCUT2D eigenvalue weighted by atomic mass is 32.1. The van der Waals surface area contributed by atoms with Crippen molar-refractivity contribution in [2.24, 2.45) is 0 Å². The molecule has 0 amide bonds. The van der Waals surface area contributed by atoms with E-state index in [1.807, 2.05) is 0 Å². The van der Waals surface area contributed by atoms with E-state index >= 15 is 0 Å². The van der Waals surface area contributed by atoms with Gasteiger partial charge in [-0.2, -0.15) is 0 Å². The molecule has 0 fully saturated rings. The standard InChI is InChI=1S/C47H28N4S/c1-2-13-33(14-3-1)51-40-19-8-6-16-35(40)39-27-31(24-26-41(39)51)45-48-46(32-23-25-37-36-17-7-9-20-42(36)52-43(37)28-32)50-47(49-45)38-18-10-12-30-22-21-29-11-4-5-15-34(29)44(30)38/h1-28H. The second-order valence-electron chi connectivity index (χ2n) is 13.2. The molecule has 0 aliphatic rings. The molecule has 4 nitrogen and oxygen atoms in total. The van der Waals surface area contributed by atoms with Crippen molar-refractivity contribution < 1.29 is 0 Å². The second kappa shape index (κ2) is 11.4. The van der Waals surface area contributed by atoms with Crippen molar-refractivity contribution in [3.8, 4) is 39.9 Å². The number of para-hydroxylation sites is 2. The highest BCUT2D eigenvalue weighted by Crippen LogP contribution is 2.39. The number of thiophene rings is 1. The lowest BCUT2D eigenvalue weighted by Crippen LogP contribution is -2.01. The van der Waals surface area contributed by atoms with Crippen LogP contribution in [0.25, 0.3) is 103 Å². The van der Waals surface area contributed by atoms with E-state index in [1.54, 1.807) is 11.3 Å². The maximum atomic E-state index is 5.28. The zero-order chi connectivity index (χ0) is 34.2. The molecule has 242 valence electrons. The van der Waals surface area contributed by atoms with Gasteiger partial charge in [0.15, 0.2) is 17.5 Å². The summed E-state index contributed by atoms with van der Waals surface area (Å²) in [7, 11) is 0. The van der Waals surface area contributed by atoms with Gasteiger partial charge in [-0.25, -0.2) is 15.0 Å². The van der Waals surface area contributed by atoms with Gasteiger partial charge in [0.25, 0.3) is 0 Å². The minimum absolute atomic E-state index is 0.645. The predicted molar refractivity (Wildman–Crippen MR) is 218 cm³/mol. The Labute approximate surface area is 302 Å². The summed E-state index contributed by atoms with van der Waals surface area (Å²) < 4.78 is 4.82. The van der Waals surface area contributed by atoms with Gasteiger partial charge in [-0.1, -0.05) is 121 Å². The highest BCUT2D eigenvalue weighted by molar-refractivity contribution is 7.25. The van der Waals surface area contributed by atoms with Crippen molar-refractivity contribution in [1.82, 2.24) is 19.5 Å². The largest absolute Gasteiger partial charge is 0.309 e. The molecule has 5 heteroatoms. The van der Waals surface area contributed by atoms with E-state index in [0.29, 0.717) is 17.5 Å². The molecule has 0 atom stereocenters. The fourth-order valence-electron chi connectivity index (χ4n) is 7.83. The number of nitrogens with zero attached hydrogens (tertiary/aromatic N) is 4. The van der Waals surface area contributed by atoms with Crippen LogP contribution in [-0.2, 0) is 0 Å². The molecular weight excluding hydrogens is 653 g/mol. The number of hydrogen-bond acceptors (Lipinski definition) is 4. The predicted octanol–water partition coefficient (Wildman–Crippen LogP) is 12.6. The maximum Gasteiger partial charge on any atom is 0.164 e. The lowest BCUT2D eigenvalue weighted by Gasteiger charge is -2.12. The molecule has 11 aromatic rings. The zero-order valence-corrected chi connectivity index (χ0v) is 28.7. The molecule has 0 spiro atoms. The number of aromatic nitrogens is 4. The zero-order valence-electron chi connectivity index (χ0n) is 27.9. The quantitative estimate of drug-likeness (QED) is 0.174. The molecule has 3 heterocycles. The molecule has 0 bridgehead atoms. The van der Waals surface area contributed by atoms with Crippen LogP contribution < -0.4 is 0 Å². The molecule has 0 aliphatic heterocycles. The van der Waals surface area contributed by atoms with Crippen molar-refractivity contribution in [3.63, 3.8) is 0 Å². The molecule has 0 N–H and O–H groups in total. The lowest BCUT2D eigenvalue weighted by atomic mass is 9.97. The Bertz CT molecular complexity index is 3190. The Morgan fingerprint density at radius 3 is 1.90 bits per heavy atom. The Kier molecular flexibility index (Phi) is 6.39. The first-order valence-electron chi connectivity index (χ1n) is 17.4. The monoisotopic (exact) mass is 680 g/mol. The number of benzene rings is 8. The van der Waals surface area contributed by atoms with E-state index in [4.69, 9.17) is 15.0 Å². The van der Waals surface area contributed by atoms with Crippen LogP contribution in [-0.4, -0.2) is 19.5 Å². The van der Waals surface area contributed by atoms with Crippen LogP contribution >= 0.6 is 11.3 Å². The molecule has 0 saturated heterocycles. The van der Waals surface area contributed by atoms with E-state index in [2.05, 4.69) is 174 Å². The molecule has 0 unspecified atom stereocenters. The molecule has 0 radical (unpaired) electrons. The van der Waals surface area contributed by atoms with Gasteiger partial charge in [0, 0.05) is 58.7 Å². The van der Waals surface area contributed by atoms with Crippen LogP contribution in [0.15, 0.2) is 170 Å². The fourth-order valence-corrected chi connectivity index (χ4v) is 8.98. The van der Waals surface area contributed by atoms with Crippen LogP contribution in [0.5, 0.6) is 0 Å². The molecule has 8 aromatic carbocycles.